The maximum Gasteiger partial charge on any atom is 0.278 e. The molecule has 164 valence electrons. The molecule has 0 fully saturated rings. The van der Waals surface area contributed by atoms with Crippen LogP contribution in [0, 0.1) is 18.6 Å². The summed E-state index contributed by atoms with van der Waals surface area (Å²) in [5, 5.41) is 11.3. The van der Waals surface area contributed by atoms with Crippen LogP contribution >= 0.6 is 11.6 Å². The average molecular weight is 459 g/mol. The Morgan fingerprint density at radius 1 is 1.25 bits per heavy atom. The van der Waals surface area contributed by atoms with Gasteiger partial charge in [0, 0.05) is 17.3 Å². The van der Waals surface area contributed by atoms with E-state index in [0.29, 0.717) is 34.6 Å². The highest BCUT2D eigenvalue weighted by atomic mass is 35.5. The van der Waals surface area contributed by atoms with Gasteiger partial charge in [-0.1, -0.05) is 28.9 Å². The molecule has 2 aromatic carbocycles. The molecule has 0 spiro atoms. The van der Waals surface area contributed by atoms with E-state index in [-0.39, 0.29) is 18.1 Å². The molecule has 0 saturated heterocycles. The lowest BCUT2D eigenvalue weighted by Gasteiger charge is -2.07. The molecule has 4 aromatic rings. The number of amides is 1. The first-order chi connectivity index (χ1) is 15.4. The quantitative estimate of drug-likeness (QED) is 0.422. The zero-order valence-corrected chi connectivity index (χ0v) is 17.6. The highest BCUT2D eigenvalue weighted by molar-refractivity contribution is 6.30. The van der Waals surface area contributed by atoms with Crippen LogP contribution in [0.4, 0.5) is 14.5 Å². The molecule has 0 aliphatic rings. The monoisotopic (exact) mass is 458 g/mol. The second kappa shape index (κ2) is 9.19. The fraction of sp³-hybridized carbons (Fsp3) is 0.136. The fourth-order valence-corrected chi connectivity index (χ4v) is 3.22. The summed E-state index contributed by atoms with van der Waals surface area (Å²) in [6.07, 6.45) is 3.16. The minimum Gasteiger partial charge on any atom is -0.486 e. The summed E-state index contributed by atoms with van der Waals surface area (Å²) in [6, 6.07) is 10.3. The summed E-state index contributed by atoms with van der Waals surface area (Å²) in [5.41, 5.74) is 1.75. The van der Waals surface area contributed by atoms with Crippen molar-refractivity contribution < 1.29 is 22.8 Å². The predicted octanol–water partition coefficient (Wildman–Crippen LogP) is 4.99. The Bertz CT molecular complexity index is 1270. The van der Waals surface area contributed by atoms with Gasteiger partial charge >= 0.3 is 0 Å². The standard InChI is InChI=1S/C22H17ClF2N4O3/c1-13-18(12-31-20-6-5-16(24)8-19(20)25)21(28-32-13)22(30)27-17-9-26-29(11-17)10-14-3-2-4-15(23)7-14/h2-9,11H,10,12H2,1H3,(H,27,30). The minimum atomic E-state index is -0.850. The van der Waals surface area contributed by atoms with Crippen LogP contribution in [0.2, 0.25) is 5.02 Å². The van der Waals surface area contributed by atoms with Gasteiger partial charge in [0.25, 0.3) is 5.91 Å². The van der Waals surface area contributed by atoms with Crippen molar-refractivity contribution in [2.45, 2.75) is 20.1 Å². The molecule has 2 aromatic heterocycles. The largest absolute Gasteiger partial charge is 0.486 e. The van der Waals surface area contributed by atoms with E-state index in [1.807, 2.05) is 18.2 Å². The zero-order chi connectivity index (χ0) is 22.7. The lowest BCUT2D eigenvalue weighted by molar-refractivity contribution is 0.101. The number of carbonyl (C=O) groups is 1. The van der Waals surface area contributed by atoms with Gasteiger partial charge in [0.05, 0.1) is 24.0 Å². The van der Waals surface area contributed by atoms with Crippen LogP contribution in [0.1, 0.15) is 27.4 Å². The van der Waals surface area contributed by atoms with Crippen molar-refractivity contribution in [2.75, 3.05) is 5.32 Å². The first-order valence-electron chi connectivity index (χ1n) is 9.50. The van der Waals surface area contributed by atoms with Crippen LogP contribution in [-0.2, 0) is 13.2 Å². The number of nitrogens with one attached hydrogen (secondary N) is 1. The normalized spacial score (nSPS) is 10.9. The first-order valence-corrected chi connectivity index (χ1v) is 9.88. The number of hydrogen-bond donors (Lipinski definition) is 1. The molecule has 0 radical (unpaired) electrons. The number of aryl methyl sites for hydroxylation is 1. The average Bonchev–Trinajstić information content (AvgIpc) is 3.33. The molecule has 32 heavy (non-hydrogen) atoms. The minimum absolute atomic E-state index is 0.00684. The smallest absolute Gasteiger partial charge is 0.278 e. The van der Waals surface area contributed by atoms with Crippen LogP contribution in [-0.4, -0.2) is 20.8 Å². The van der Waals surface area contributed by atoms with E-state index in [2.05, 4.69) is 15.6 Å². The van der Waals surface area contributed by atoms with E-state index < -0.39 is 17.5 Å². The first kappa shape index (κ1) is 21.5. The summed E-state index contributed by atoms with van der Waals surface area (Å²) in [5.74, 6) is -1.92. The molecule has 1 N–H and O–H groups in total. The second-order valence-electron chi connectivity index (χ2n) is 6.94. The topological polar surface area (TPSA) is 82.2 Å². The molecule has 0 unspecified atom stereocenters. The molecule has 0 bridgehead atoms. The Labute approximate surface area is 186 Å². The van der Waals surface area contributed by atoms with Gasteiger partial charge in [-0.2, -0.15) is 5.10 Å². The third-order valence-corrected chi connectivity index (χ3v) is 4.83. The molecule has 2 heterocycles. The molecule has 7 nitrogen and oxygen atoms in total. The highest BCUT2D eigenvalue weighted by Gasteiger charge is 2.21. The molecule has 1 amide bonds. The van der Waals surface area contributed by atoms with Gasteiger partial charge in [0.15, 0.2) is 17.3 Å². The van der Waals surface area contributed by atoms with Gasteiger partial charge in [-0.3, -0.25) is 9.48 Å². The summed E-state index contributed by atoms with van der Waals surface area (Å²) in [6.45, 7) is 1.89. The highest BCUT2D eigenvalue weighted by Crippen LogP contribution is 2.22. The van der Waals surface area contributed by atoms with Gasteiger partial charge < -0.3 is 14.6 Å². The van der Waals surface area contributed by atoms with Crippen LogP contribution < -0.4 is 10.1 Å². The fourth-order valence-electron chi connectivity index (χ4n) is 3.01. The lowest BCUT2D eigenvalue weighted by Crippen LogP contribution is -2.15. The third-order valence-electron chi connectivity index (χ3n) is 4.59. The van der Waals surface area contributed by atoms with Crippen LogP contribution in [0.3, 0.4) is 0 Å². The van der Waals surface area contributed by atoms with Gasteiger partial charge in [-0.15, -0.1) is 0 Å². The Hall–Kier alpha value is -3.72. The van der Waals surface area contributed by atoms with Crippen molar-refractivity contribution in [3.05, 3.63) is 94.1 Å². The van der Waals surface area contributed by atoms with Gasteiger partial charge in [0.2, 0.25) is 0 Å². The maximum atomic E-state index is 13.8. The SMILES string of the molecule is Cc1onc(C(=O)Nc2cnn(Cc3cccc(Cl)c3)c2)c1COc1ccc(F)cc1F. The number of halogens is 3. The van der Waals surface area contributed by atoms with E-state index in [9.17, 15) is 13.6 Å². The maximum absolute atomic E-state index is 13.8. The van der Waals surface area contributed by atoms with Gasteiger partial charge in [-0.25, -0.2) is 8.78 Å². The number of anilines is 1. The van der Waals surface area contributed by atoms with Crippen molar-refractivity contribution >= 4 is 23.2 Å². The molecule has 4 rings (SSSR count). The number of hydrogen-bond acceptors (Lipinski definition) is 5. The molecule has 0 aliphatic heterocycles. The van der Waals surface area contributed by atoms with E-state index >= 15 is 0 Å². The summed E-state index contributed by atoms with van der Waals surface area (Å²) >= 11 is 6.00. The zero-order valence-electron chi connectivity index (χ0n) is 16.8. The van der Waals surface area contributed by atoms with E-state index in [4.69, 9.17) is 20.9 Å². The number of rotatable bonds is 7. The van der Waals surface area contributed by atoms with E-state index in [1.54, 1.807) is 23.9 Å². The molecular weight excluding hydrogens is 442 g/mol. The second-order valence-corrected chi connectivity index (χ2v) is 7.38. The van der Waals surface area contributed by atoms with Crippen molar-refractivity contribution in [1.29, 1.82) is 0 Å². The van der Waals surface area contributed by atoms with Crippen molar-refractivity contribution in [3.63, 3.8) is 0 Å². The molecular formula is C22H17ClF2N4O3. The van der Waals surface area contributed by atoms with Crippen molar-refractivity contribution in [3.8, 4) is 5.75 Å². The number of nitrogens with zero attached hydrogens (tertiary/aromatic N) is 3. The number of ether oxygens (including phenoxy) is 1. The Kier molecular flexibility index (Phi) is 6.18. The van der Waals surface area contributed by atoms with Crippen LogP contribution in [0.25, 0.3) is 0 Å². The Balaban J connectivity index is 1.43. The van der Waals surface area contributed by atoms with Gasteiger partial charge in [0.1, 0.15) is 18.2 Å². The summed E-state index contributed by atoms with van der Waals surface area (Å²) < 4.78 is 39.0. The van der Waals surface area contributed by atoms with Crippen molar-refractivity contribution in [2.24, 2.45) is 0 Å². The number of aromatic nitrogens is 3. The molecule has 0 saturated carbocycles. The third kappa shape index (κ3) is 4.94. The van der Waals surface area contributed by atoms with Gasteiger partial charge in [-0.05, 0) is 36.8 Å². The molecule has 0 atom stereocenters. The molecule has 0 aliphatic carbocycles. The Morgan fingerprint density at radius 2 is 2.09 bits per heavy atom. The van der Waals surface area contributed by atoms with Crippen LogP contribution in [0.5, 0.6) is 5.75 Å². The summed E-state index contributed by atoms with van der Waals surface area (Å²) in [4.78, 5) is 12.7. The summed E-state index contributed by atoms with van der Waals surface area (Å²) in [7, 11) is 0. The lowest BCUT2D eigenvalue weighted by atomic mass is 10.2. The molecule has 10 heteroatoms. The number of benzene rings is 2. The van der Waals surface area contributed by atoms with Crippen molar-refractivity contribution in [1.82, 2.24) is 14.9 Å². The van der Waals surface area contributed by atoms with Crippen LogP contribution in [0.15, 0.2) is 59.4 Å². The van der Waals surface area contributed by atoms with E-state index in [1.165, 1.54) is 12.3 Å². The van der Waals surface area contributed by atoms with E-state index in [0.717, 1.165) is 11.6 Å². The predicted molar refractivity (Wildman–Crippen MR) is 113 cm³/mol. The Morgan fingerprint density at radius 3 is 2.88 bits per heavy atom. The number of carbonyl (C=O) groups excluding carboxylic acids is 1.